The first-order valence-electron chi connectivity index (χ1n) is 23.0. The van der Waals surface area contributed by atoms with Crippen LogP contribution in [0.25, 0.3) is 21.8 Å². The number of hydrogen-bond acceptors (Lipinski definition) is 18. The molecule has 10 rings (SSSR count). The van der Waals surface area contributed by atoms with Gasteiger partial charge in [0, 0.05) is 116 Å². The van der Waals surface area contributed by atoms with Crippen LogP contribution < -0.4 is 46.6 Å². The quantitative estimate of drug-likeness (QED) is 0.131. The van der Waals surface area contributed by atoms with E-state index in [4.69, 9.17) is 20.7 Å². The van der Waals surface area contributed by atoms with Crippen LogP contribution in [0.5, 0.6) is 0 Å². The molecule has 4 aliphatic heterocycles. The molecule has 2 amide bonds. The first kappa shape index (κ1) is 44.2. The van der Waals surface area contributed by atoms with Gasteiger partial charge in [0.2, 0.25) is 11.9 Å². The molecule has 344 valence electrons. The summed E-state index contributed by atoms with van der Waals surface area (Å²) in [7, 11) is 3.47. The number of anilines is 8. The Morgan fingerprint density at radius 1 is 0.545 bits per heavy atom. The summed E-state index contributed by atoms with van der Waals surface area (Å²) >= 11 is 0. The number of nitrogens with two attached hydrogens (primary N) is 1. The van der Waals surface area contributed by atoms with E-state index in [-0.39, 0.29) is 11.6 Å². The van der Waals surface area contributed by atoms with Crippen molar-refractivity contribution in [3.8, 4) is 0 Å². The van der Waals surface area contributed by atoms with Gasteiger partial charge in [0.15, 0.2) is 11.6 Å². The second-order valence-corrected chi connectivity index (χ2v) is 17.1. The summed E-state index contributed by atoms with van der Waals surface area (Å²) in [6, 6.07) is 11.4. The van der Waals surface area contributed by atoms with Gasteiger partial charge >= 0.3 is 0 Å². The average Bonchev–Trinajstić information content (AvgIpc) is 3.37. The molecule has 6 N–H and O–H groups in total. The van der Waals surface area contributed by atoms with Gasteiger partial charge in [0.1, 0.15) is 34.1 Å². The Morgan fingerprint density at radius 2 is 0.985 bits per heavy atom. The number of primary amides is 1. The number of amides is 2. The third kappa shape index (κ3) is 10.4. The Labute approximate surface area is 383 Å². The molecule has 0 saturated carbocycles. The van der Waals surface area contributed by atoms with Gasteiger partial charge in [-0.25, -0.2) is 39.9 Å². The summed E-state index contributed by atoms with van der Waals surface area (Å²) < 4.78 is 0. The molecule has 20 nitrogen and oxygen atoms in total. The topological polar surface area (TPSA) is 228 Å². The molecule has 0 unspecified atom stereocenters. The molecule has 66 heavy (non-hydrogen) atoms. The Kier molecular flexibility index (Phi) is 13.7. The third-order valence-corrected chi connectivity index (χ3v) is 12.2. The lowest BCUT2D eigenvalue weighted by Crippen LogP contribution is -2.43. The third-order valence-electron chi connectivity index (χ3n) is 12.2. The number of nitrogens with one attached hydrogen (secondary N) is 4. The summed E-state index contributed by atoms with van der Waals surface area (Å²) in [5.41, 5.74) is 9.81. The number of fused-ring (bicyclic) bond motifs is 2. The fourth-order valence-electron chi connectivity index (χ4n) is 8.65. The fraction of sp³-hybridized carbons (Fsp3) is 0.435. The van der Waals surface area contributed by atoms with Crippen molar-refractivity contribution in [1.82, 2.24) is 55.4 Å². The number of carbonyl (C=O) groups is 2. The number of pyridine rings is 4. The monoisotopic (exact) mass is 894 g/mol. The second-order valence-electron chi connectivity index (χ2n) is 17.1. The summed E-state index contributed by atoms with van der Waals surface area (Å²) in [4.78, 5) is 71.9. The predicted molar refractivity (Wildman–Crippen MR) is 259 cm³/mol. The van der Waals surface area contributed by atoms with E-state index in [1.54, 1.807) is 43.5 Å². The maximum absolute atomic E-state index is 12.6. The maximum Gasteiger partial charge on any atom is 0.272 e. The Hall–Kier alpha value is -7.06. The van der Waals surface area contributed by atoms with Crippen molar-refractivity contribution in [3.05, 3.63) is 72.6 Å². The molecule has 4 saturated heterocycles. The van der Waals surface area contributed by atoms with Crippen molar-refractivity contribution in [3.63, 3.8) is 0 Å². The molecule has 0 radical (unpaired) electrons. The minimum atomic E-state index is -0.555. The number of piperidine rings is 2. The summed E-state index contributed by atoms with van der Waals surface area (Å²) in [6.45, 7) is 11.4. The van der Waals surface area contributed by atoms with Crippen LogP contribution >= 0.6 is 0 Å². The highest BCUT2D eigenvalue weighted by atomic mass is 16.2. The molecular formula is C46H58N18O2. The first-order chi connectivity index (χ1) is 32.3. The molecule has 0 aliphatic carbocycles. The van der Waals surface area contributed by atoms with Crippen LogP contribution in [0.1, 0.15) is 59.5 Å². The smallest absolute Gasteiger partial charge is 0.272 e. The fourth-order valence-corrected chi connectivity index (χ4v) is 8.65. The molecule has 0 bridgehead atoms. The van der Waals surface area contributed by atoms with Gasteiger partial charge in [0.05, 0.1) is 23.8 Å². The van der Waals surface area contributed by atoms with E-state index in [0.717, 1.165) is 138 Å². The first-order valence-corrected chi connectivity index (χ1v) is 23.0. The van der Waals surface area contributed by atoms with Crippen LogP contribution in [0.15, 0.2) is 61.2 Å². The summed E-state index contributed by atoms with van der Waals surface area (Å²) in [5, 5.41) is 14.7. The number of rotatable bonds is 10. The maximum atomic E-state index is 12.6. The van der Waals surface area contributed by atoms with Crippen molar-refractivity contribution >= 4 is 80.2 Å². The number of piperazine rings is 2. The average molecular weight is 895 g/mol. The predicted octanol–water partition coefficient (Wildman–Crippen LogP) is 3.93. The summed E-state index contributed by atoms with van der Waals surface area (Å²) in [6.07, 6.45) is 14.0. The number of hydrogen-bond donors (Lipinski definition) is 5. The van der Waals surface area contributed by atoms with Crippen molar-refractivity contribution in [2.75, 3.05) is 123 Å². The zero-order chi connectivity index (χ0) is 45.4. The summed E-state index contributed by atoms with van der Waals surface area (Å²) in [5.74, 6) is 3.00. The van der Waals surface area contributed by atoms with Crippen LogP contribution in [-0.4, -0.2) is 149 Å². The number of aromatic nitrogens is 8. The largest absolute Gasteiger partial charge is 0.368 e. The molecule has 4 aliphatic rings. The Bertz CT molecular complexity index is 2620. The van der Waals surface area contributed by atoms with Gasteiger partial charge in [-0.3, -0.25) is 9.59 Å². The van der Waals surface area contributed by atoms with Crippen molar-refractivity contribution in [2.45, 2.75) is 38.5 Å². The van der Waals surface area contributed by atoms with E-state index >= 15 is 0 Å². The van der Waals surface area contributed by atoms with Gasteiger partial charge in [-0.2, -0.15) is 0 Å². The lowest BCUT2D eigenvalue weighted by molar-refractivity contribution is 0.0822. The molecular weight excluding hydrogens is 837 g/mol. The van der Waals surface area contributed by atoms with Gasteiger partial charge in [0.25, 0.3) is 11.8 Å². The van der Waals surface area contributed by atoms with E-state index in [1.165, 1.54) is 12.8 Å². The Balaban J connectivity index is 0.000000166. The van der Waals surface area contributed by atoms with E-state index < -0.39 is 5.91 Å². The van der Waals surface area contributed by atoms with Crippen LogP contribution in [0.4, 0.5) is 46.5 Å². The lowest BCUT2D eigenvalue weighted by Gasteiger charge is -2.29. The van der Waals surface area contributed by atoms with E-state index in [9.17, 15) is 9.59 Å². The van der Waals surface area contributed by atoms with Gasteiger partial charge in [-0.15, -0.1) is 0 Å². The zero-order valence-corrected chi connectivity index (χ0v) is 37.7. The van der Waals surface area contributed by atoms with E-state index in [2.05, 4.69) is 77.9 Å². The van der Waals surface area contributed by atoms with E-state index in [0.29, 0.717) is 40.6 Å². The minimum absolute atomic E-state index is 0.129. The van der Waals surface area contributed by atoms with Gasteiger partial charge in [-0.1, -0.05) is 0 Å². The lowest BCUT2D eigenvalue weighted by atomic mass is 10.1. The second kappa shape index (κ2) is 20.4. The standard InChI is InChI=1S/C24H31N9O.C22H27N9O/c1-31(2)23(34)19-14-17-15-27-24(30-21(17)22(28-19)33-10-4-3-5-11-33)29-20-7-6-18(16-26-20)32-12-8-25-9-13-32;23-20(32)17-12-15-13-26-22(29-19(15)21(27-17)31-8-2-1-3-9-31)28-18-5-4-16(14-25-18)30-10-6-24-7-11-30/h6-7,14-16,25H,3-5,8-13H2,1-2H3,(H,26,27,29,30);4-5,12-14,24H,1-3,6-11H2,(H2,23,32)(H,25,26,28,29). The molecule has 6 aromatic heterocycles. The molecule has 0 spiro atoms. The highest BCUT2D eigenvalue weighted by Crippen LogP contribution is 2.30. The molecule has 20 heteroatoms. The Morgan fingerprint density at radius 3 is 1.39 bits per heavy atom. The molecule has 6 aromatic rings. The highest BCUT2D eigenvalue weighted by molar-refractivity contribution is 6.00. The van der Waals surface area contributed by atoms with E-state index in [1.807, 2.05) is 24.5 Å². The molecule has 4 fully saturated rings. The zero-order valence-electron chi connectivity index (χ0n) is 37.7. The highest BCUT2D eigenvalue weighted by Gasteiger charge is 2.23. The molecule has 0 atom stereocenters. The SMILES string of the molecule is CN(C)C(=O)c1cc2cnc(Nc3ccc(N4CCNCC4)cn3)nc2c(N2CCCCC2)n1.NC(=O)c1cc2cnc(Nc3ccc(N4CCNCC4)cn3)nc2c(N2CCCCC2)n1. The van der Waals surface area contributed by atoms with Crippen molar-refractivity contribution < 1.29 is 9.59 Å². The number of carbonyl (C=O) groups excluding carboxylic acids is 2. The van der Waals surface area contributed by atoms with Crippen LogP contribution in [0, 0.1) is 0 Å². The van der Waals surface area contributed by atoms with Crippen LogP contribution in [0.2, 0.25) is 0 Å². The molecule has 0 aromatic carbocycles. The van der Waals surface area contributed by atoms with Gasteiger partial charge < -0.3 is 51.5 Å². The van der Waals surface area contributed by atoms with Crippen LogP contribution in [0.3, 0.4) is 0 Å². The molecule has 10 heterocycles. The number of nitrogens with zero attached hydrogens (tertiary/aromatic N) is 13. The van der Waals surface area contributed by atoms with Gasteiger partial charge in [-0.05, 0) is 74.9 Å². The minimum Gasteiger partial charge on any atom is -0.368 e. The normalized spacial score (nSPS) is 16.7. The van der Waals surface area contributed by atoms with Crippen molar-refractivity contribution in [2.24, 2.45) is 5.73 Å². The van der Waals surface area contributed by atoms with Crippen molar-refractivity contribution in [1.29, 1.82) is 0 Å². The van der Waals surface area contributed by atoms with Crippen LogP contribution in [-0.2, 0) is 0 Å².